The molecule has 1 saturated heterocycles. The molecule has 176 valence electrons. The molecule has 2 aromatic carbocycles. The largest absolute Gasteiger partial charge is 0.465 e. The maximum Gasteiger partial charge on any atom is 0.337 e. The number of carbonyl (C=O) groups excluding carboxylic acids is 2. The summed E-state index contributed by atoms with van der Waals surface area (Å²) < 4.78 is 18.8. The molecule has 1 aliphatic heterocycles. The zero-order valence-electron chi connectivity index (χ0n) is 18.6. The lowest BCUT2D eigenvalue weighted by Crippen LogP contribution is -2.47. The molecule has 1 N–H and O–H groups in total. The lowest BCUT2D eigenvalue weighted by Gasteiger charge is -2.36. The normalized spacial score (nSPS) is 13.5. The van der Waals surface area contributed by atoms with Gasteiger partial charge in [0.05, 0.1) is 24.1 Å². The van der Waals surface area contributed by atoms with Gasteiger partial charge in [-0.3, -0.25) is 4.79 Å². The minimum Gasteiger partial charge on any atom is -0.465 e. The third kappa shape index (κ3) is 5.82. The summed E-state index contributed by atoms with van der Waals surface area (Å²) >= 11 is 1.30. The first-order valence-electron chi connectivity index (χ1n) is 10.7. The lowest BCUT2D eigenvalue weighted by atomic mass is 10.2. The monoisotopic (exact) mass is 481 g/mol. The zero-order valence-corrected chi connectivity index (χ0v) is 19.4. The third-order valence-corrected chi connectivity index (χ3v) is 6.27. The van der Waals surface area contributed by atoms with Crippen molar-refractivity contribution in [3.63, 3.8) is 0 Å². The summed E-state index contributed by atoms with van der Waals surface area (Å²) in [5.41, 5.74) is 1.50. The van der Waals surface area contributed by atoms with E-state index in [1.165, 1.54) is 31.3 Å². The summed E-state index contributed by atoms with van der Waals surface area (Å²) in [6.45, 7) is 2.76. The highest BCUT2D eigenvalue weighted by molar-refractivity contribution is 7.99. The number of para-hydroxylation sites is 1. The molecule has 34 heavy (non-hydrogen) atoms. The smallest absolute Gasteiger partial charge is 0.337 e. The van der Waals surface area contributed by atoms with Crippen LogP contribution in [0.25, 0.3) is 0 Å². The first-order chi connectivity index (χ1) is 16.5. The molecule has 8 nitrogen and oxygen atoms in total. The predicted octanol–water partition coefficient (Wildman–Crippen LogP) is 3.46. The molecule has 3 aromatic rings. The number of hydrogen-bond donors (Lipinski definition) is 1. The number of anilines is 3. The number of carbonyl (C=O) groups is 2. The van der Waals surface area contributed by atoms with E-state index in [4.69, 9.17) is 4.74 Å². The number of halogens is 1. The van der Waals surface area contributed by atoms with Crippen LogP contribution in [0.4, 0.5) is 21.6 Å². The molecule has 4 rings (SSSR count). The van der Waals surface area contributed by atoms with Gasteiger partial charge in [0.25, 0.3) is 0 Å². The van der Waals surface area contributed by atoms with Gasteiger partial charge in [0.2, 0.25) is 5.91 Å². The van der Waals surface area contributed by atoms with E-state index < -0.39 is 5.97 Å². The number of esters is 1. The van der Waals surface area contributed by atoms with Crippen LogP contribution in [0, 0.1) is 5.82 Å². The molecule has 0 atom stereocenters. The van der Waals surface area contributed by atoms with Crippen LogP contribution in [0.15, 0.2) is 66.0 Å². The molecule has 1 fully saturated rings. The number of rotatable bonds is 7. The zero-order chi connectivity index (χ0) is 23.9. The van der Waals surface area contributed by atoms with Gasteiger partial charge >= 0.3 is 5.97 Å². The Bertz CT molecular complexity index is 1170. The summed E-state index contributed by atoms with van der Waals surface area (Å²) in [6, 6.07) is 15.2. The Morgan fingerprint density at radius 3 is 2.56 bits per heavy atom. The summed E-state index contributed by atoms with van der Waals surface area (Å²) in [7, 11) is 1.31. The minimum absolute atomic E-state index is 0.153. The summed E-state index contributed by atoms with van der Waals surface area (Å²) in [6.07, 6.45) is 1.48. The summed E-state index contributed by atoms with van der Waals surface area (Å²) in [4.78, 5) is 36.8. The molecule has 0 spiro atoms. The Hall–Kier alpha value is -3.66. The Kier molecular flexibility index (Phi) is 7.58. The Labute approximate surface area is 201 Å². The number of piperazine rings is 1. The van der Waals surface area contributed by atoms with E-state index in [2.05, 4.69) is 20.2 Å². The van der Waals surface area contributed by atoms with Crippen LogP contribution in [-0.2, 0) is 9.53 Å². The molecule has 2 heterocycles. The second-order valence-corrected chi connectivity index (χ2v) is 8.54. The fourth-order valence-electron chi connectivity index (χ4n) is 3.64. The van der Waals surface area contributed by atoms with Gasteiger partial charge < -0.3 is 19.9 Å². The van der Waals surface area contributed by atoms with Gasteiger partial charge in [0.1, 0.15) is 23.0 Å². The van der Waals surface area contributed by atoms with Gasteiger partial charge in [0, 0.05) is 37.9 Å². The highest BCUT2D eigenvalue weighted by Gasteiger charge is 2.20. The fraction of sp³-hybridized carbons (Fsp3) is 0.250. The highest BCUT2D eigenvalue weighted by atomic mass is 32.2. The Morgan fingerprint density at radius 1 is 1.03 bits per heavy atom. The number of methoxy groups -OCH3 is 1. The topological polar surface area (TPSA) is 87.7 Å². The Morgan fingerprint density at radius 2 is 1.79 bits per heavy atom. The second-order valence-electron chi connectivity index (χ2n) is 7.55. The van der Waals surface area contributed by atoms with Gasteiger partial charge in [-0.15, -0.1) is 0 Å². The van der Waals surface area contributed by atoms with E-state index in [9.17, 15) is 14.0 Å². The van der Waals surface area contributed by atoms with Gasteiger partial charge in [-0.1, -0.05) is 30.0 Å². The van der Waals surface area contributed by atoms with E-state index in [1.807, 2.05) is 17.0 Å². The van der Waals surface area contributed by atoms with Crippen molar-refractivity contribution in [1.82, 2.24) is 9.97 Å². The molecule has 10 heteroatoms. The number of hydrogen-bond acceptors (Lipinski definition) is 8. The van der Waals surface area contributed by atoms with Crippen LogP contribution in [0.2, 0.25) is 0 Å². The number of nitrogens with one attached hydrogen (secondary N) is 1. The molecule has 0 unspecified atom stereocenters. The van der Waals surface area contributed by atoms with Crippen molar-refractivity contribution in [2.75, 3.05) is 54.2 Å². The van der Waals surface area contributed by atoms with Crippen LogP contribution >= 0.6 is 11.8 Å². The first kappa shape index (κ1) is 23.5. The fourth-order valence-corrected chi connectivity index (χ4v) is 4.31. The summed E-state index contributed by atoms with van der Waals surface area (Å²) in [5, 5.41) is 3.46. The number of ether oxygens (including phenoxy) is 1. The van der Waals surface area contributed by atoms with Crippen molar-refractivity contribution < 1.29 is 18.7 Å². The molecule has 1 amide bonds. The van der Waals surface area contributed by atoms with Crippen LogP contribution in [0.5, 0.6) is 0 Å². The van der Waals surface area contributed by atoms with E-state index in [0.717, 1.165) is 5.82 Å². The third-order valence-electron chi connectivity index (χ3n) is 5.34. The van der Waals surface area contributed by atoms with Crippen molar-refractivity contribution in [3.05, 3.63) is 72.3 Å². The van der Waals surface area contributed by atoms with Crippen molar-refractivity contribution in [3.8, 4) is 0 Å². The SMILES string of the molecule is COC(=O)c1cccc(NC(=O)CSc2cc(N3CCN(c4ccccc4F)CC3)ncn2)c1. The van der Waals surface area contributed by atoms with Crippen LogP contribution < -0.4 is 15.1 Å². The van der Waals surface area contributed by atoms with E-state index in [-0.39, 0.29) is 17.5 Å². The predicted molar refractivity (Wildman–Crippen MR) is 130 cm³/mol. The second kappa shape index (κ2) is 11.0. The number of benzene rings is 2. The number of amides is 1. The van der Waals surface area contributed by atoms with E-state index in [0.29, 0.717) is 48.1 Å². The van der Waals surface area contributed by atoms with Crippen LogP contribution in [0.1, 0.15) is 10.4 Å². The van der Waals surface area contributed by atoms with Crippen molar-refractivity contribution in [2.45, 2.75) is 5.03 Å². The van der Waals surface area contributed by atoms with Gasteiger partial charge in [-0.25, -0.2) is 19.2 Å². The first-order valence-corrected chi connectivity index (χ1v) is 11.7. The average Bonchev–Trinajstić information content (AvgIpc) is 2.88. The number of nitrogens with zero attached hydrogens (tertiary/aromatic N) is 4. The molecule has 1 aromatic heterocycles. The van der Waals surface area contributed by atoms with Gasteiger partial charge in [-0.2, -0.15) is 0 Å². The molecule has 0 radical (unpaired) electrons. The highest BCUT2D eigenvalue weighted by Crippen LogP contribution is 2.24. The molecule has 0 saturated carbocycles. The van der Waals surface area contributed by atoms with E-state index >= 15 is 0 Å². The number of thioether (sulfide) groups is 1. The quantitative estimate of drug-likeness (QED) is 0.312. The van der Waals surface area contributed by atoms with Crippen molar-refractivity contribution in [2.24, 2.45) is 0 Å². The van der Waals surface area contributed by atoms with Crippen molar-refractivity contribution >= 4 is 40.8 Å². The molecular formula is C24H24FN5O3S. The van der Waals surface area contributed by atoms with Crippen molar-refractivity contribution in [1.29, 1.82) is 0 Å². The molecule has 1 aliphatic rings. The van der Waals surface area contributed by atoms with Crippen LogP contribution in [0.3, 0.4) is 0 Å². The summed E-state index contributed by atoms with van der Waals surface area (Å²) in [5.74, 6) is 0.0308. The lowest BCUT2D eigenvalue weighted by molar-refractivity contribution is -0.113. The van der Waals surface area contributed by atoms with E-state index in [1.54, 1.807) is 36.4 Å². The molecule has 0 aliphatic carbocycles. The number of aromatic nitrogens is 2. The van der Waals surface area contributed by atoms with Gasteiger partial charge in [-0.05, 0) is 30.3 Å². The maximum absolute atomic E-state index is 14.1. The molecular weight excluding hydrogens is 457 g/mol. The maximum atomic E-state index is 14.1. The molecule has 0 bridgehead atoms. The minimum atomic E-state index is -0.464. The van der Waals surface area contributed by atoms with Gasteiger partial charge in [0.15, 0.2) is 0 Å². The standard InChI is InChI=1S/C24H24FN5O3S/c1-33-24(32)17-5-4-6-18(13-17)28-22(31)15-34-23-14-21(26-16-27-23)30-11-9-29(10-12-30)20-8-3-2-7-19(20)25/h2-8,13-14,16H,9-12,15H2,1H3,(H,28,31). The van der Waals surface area contributed by atoms with Crippen LogP contribution in [-0.4, -0.2) is 60.9 Å². The average molecular weight is 482 g/mol. The Balaban J connectivity index is 1.31.